The number of piperidine rings is 1. The van der Waals surface area contributed by atoms with Gasteiger partial charge >= 0.3 is 0 Å². The van der Waals surface area contributed by atoms with E-state index in [0.717, 1.165) is 50.6 Å². The smallest absolute Gasteiger partial charge is 0.273 e. The van der Waals surface area contributed by atoms with Crippen LogP contribution in [-0.2, 0) is 0 Å². The first-order valence-corrected chi connectivity index (χ1v) is 9.31. The van der Waals surface area contributed by atoms with E-state index in [1.54, 1.807) is 0 Å². The molecule has 2 saturated carbocycles. The van der Waals surface area contributed by atoms with Crippen LogP contribution in [0.2, 0.25) is 0 Å². The molecular weight excluding hydrogens is 290 g/mol. The zero-order valence-corrected chi connectivity index (χ0v) is 13.8. The van der Waals surface area contributed by atoms with Crippen LogP contribution in [-0.4, -0.2) is 41.1 Å². The van der Waals surface area contributed by atoms with Crippen molar-refractivity contribution in [3.63, 3.8) is 0 Å². The maximum absolute atomic E-state index is 12.3. The highest BCUT2D eigenvalue weighted by molar-refractivity contribution is 5.92. The Hall–Kier alpha value is -1.36. The maximum Gasteiger partial charge on any atom is 0.273 e. The first-order valence-electron chi connectivity index (χ1n) is 9.31. The van der Waals surface area contributed by atoms with Crippen LogP contribution < -0.4 is 5.32 Å². The van der Waals surface area contributed by atoms with Gasteiger partial charge in [-0.2, -0.15) is 0 Å². The summed E-state index contributed by atoms with van der Waals surface area (Å²) in [7, 11) is 0. The van der Waals surface area contributed by atoms with Crippen LogP contribution in [0.15, 0.2) is 10.6 Å². The lowest BCUT2D eigenvalue weighted by Gasteiger charge is -2.39. The summed E-state index contributed by atoms with van der Waals surface area (Å²) in [6.07, 6.45) is 11.3. The van der Waals surface area contributed by atoms with Gasteiger partial charge in [-0.3, -0.25) is 4.79 Å². The van der Waals surface area contributed by atoms with Crippen molar-refractivity contribution in [1.82, 2.24) is 15.4 Å². The zero-order chi connectivity index (χ0) is 15.6. The van der Waals surface area contributed by atoms with Crippen molar-refractivity contribution in [3.05, 3.63) is 17.5 Å². The molecule has 0 unspecified atom stereocenters. The van der Waals surface area contributed by atoms with Gasteiger partial charge in [0.2, 0.25) is 0 Å². The average molecular weight is 317 g/mol. The largest absolute Gasteiger partial charge is 0.360 e. The van der Waals surface area contributed by atoms with E-state index in [4.69, 9.17) is 4.52 Å². The fraction of sp³-hybridized carbons (Fsp3) is 0.778. The summed E-state index contributed by atoms with van der Waals surface area (Å²) in [5.41, 5.74) is 0.446. The third kappa shape index (κ3) is 3.60. The summed E-state index contributed by atoms with van der Waals surface area (Å²) in [4.78, 5) is 14.9. The predicted octanol–water partition coefficient (Wildman–Crippen LogP) is 3.08. The minimum atomic E-state index is -0.0724. The van der Waals surface area contributed by atoms with Crippen LogP contribution in [0, 0.1) is 0 Å². The van der Waals surface area contributed by atoms with Crippen molar-refractivity contribution in [2.75, 3.05) is 13.1 Å². The molecule has 1 aromatic heterocycles. The Balaban J connectivity index is 1.25. The number of aromatic nitrogens is 1. The van der Waals surface area contributed by atoms with Crippen LogP contribution >= 0.6 is 0 Å². The number of amides is 1. The minimum Gasteiger partial charge on any atom is -0.360 e. The molecule has 0 bridgehead atoms. The average Bonchev–Trinajstić information content (AvgIpc) is 3.33. The minimum absolute atomic E-state index is 0.0724. The quantitative estimate of drug-likeness (QED) is 0.927. The molecule has 0 aromatic carbocycles. The number of hydrogen-bond donors (Lipinski definition) is 1. The maximum atomic E-state index is 12.3. The summed E-state index contributed by atoms with van der Waals surface area (Å²) in [6, 6.07) is 2.89. The summed E-state index contributed by atoms with van der Waals surface area (Å²) in [5, 5.41) is 7.08. The van der Waals surface area contributed by atoms with Gasteiger partial charge in [0.25, 0.3) is 5.91 Å². The summed E-state index contributed by atoms with van der Waals surface area (Å²) in [6.45, 7) is 2.23. The molecule has 23 heavy (non-hydrogen) atoms. The van der Waals surface area contributed by atoms with Gasteiger partial charge in [-0.1, -0.05) is 24.4 Å². The van der Waals surface area contributed by atoms with Crippen LogP contribution in [0.5, 0.6) is 0 Å². The second-order valence-corrected chi connectivity index (χ2v) is 7.46. The molecule has 3 aliphatic rings. The van der Waals surface area contributed by atoms with Gasteiger partial charge in [0.1, 0.15) is 5.76 Å². The van der Waals surface area contributed by atoms with E-state index in [0.29, 0.717) is 11.6 Å². The number of likely N-dealkylation sites (tertiary alicyclic amines) is 1. The van der Waals surface area contributed by atoms with Crippen molar-refractivity contribution < 1.29 is 9.32 Å². The van der Waals surface area contributed by atoms with E-state index in [2.05, 4.69) is 15.4 Å². The fourth-order valence-corrected chi connectivity index (χ4v) is 4.07. The van der Waals surface area contributed by atoms with Crippen LogP contribution in [0.1, 0.15) is 80.0 Å². The first-order chi connectivity index (χ1) is 11.3. The van der Waals surface area contributed by atoms with Crippen molar-refractivity contribution in [2.24, 2.45) is 0 Å². The van der Waals surface area contributed by atoms with E-state index < -0.39 is 0 Å². The molecule has 1 N–H and O–H groups in total. The lowest BCUT2D eigenvalue weighted by Crippen LogP contribution is -2.48. The van der Waals surface area contributed by atoms with Gasteiger partial charge in [0.15, 0.2) is 5.69 Å². The first kappa shape index (κ1) is 15.2. The van der Waals surface area contributed by atoms with Crippen molar-refractivity contribution in [1.29, 1.82) is 0 Å². The van der Waals surface area contributed by atoms with Gasteiger partial charge in [0.05, 0.1) is 0 Å². The van der Waals surface area contributed by atoms with Crippen molar-refractivity contribution >= 4 is 5.91 Å². The van der Waals surface area contributed by atoms with Crippen LogP contribution in [0.4, 0.5) is 0 Å². The molecule has 5 nitrogen and oxygen atoms in total. The zero-order valence-electron chi connectivity index (χ0n) is 13.8. The summed E-state index contributed by atoms with van der Waals surface area (Å²) < 4.78 is 5.28. The Labute approximate surface area is 137 Å². The van der Waals surface area contributed by atoms with Gasteiger partial charge in [-0.05, 0) is 38.5 Å². The molecule has 0 spiro atoms. The van der Waals surface area contributed by atoms with E-state index in [-0.39, 0.29) is 11.9 Å². The second kappa shape index (κ2) is 6.63. The molecule has 1 aliphatic heterocycles. The Morgan fingerprint density at radius 3 is 2.52 bits per heavy atom. The molecule has 0 radical (unpaired) electrons. The molecule has 4 rings (SSSR count). The monoisotopic (exact) mass is 317 g/mol. The molecule has 3 fully saturated rings. The van der Waals surface area contributed by atoms with Crippen LogP contribution in [0.3, 0.4) is 0 Å². The third-order valence-corrected chi connectivity index (χ3v) is 5.70. The third-order valence-electron chi connectivity index (χ3n) is 5.70. The summed E-state index contributed by atoms with van der Waals surface area (Å²) in [5.74, 6) is 1.31. The van der Waals surface area contributed by atoms with Crippen LogP contribution in [0.25, 0.3) is 0 Å². The van der Waals surface area contributed by atoms with Gasteiger partial charge in [-0.25, -0.2) is 0 Å². The second-order valence-electron chi connectivity index (χ2n) is 7.46. The number of nitrogens with zero attached hydrogens (tertiary/aromatic N) is 2. The van der Waals surface area contributed by atoms with E-state index >= 15 is 0 Å². The Morgan fingerprint density at radius 1 is 1.09 bits per heavy atom. The Bertz CT molecular complexity index is 538. The normalized spacial score (nSPS) is 24.7. The lowest BCUT2D eigenvalue weighted by atomic mass is 9.92. The van der Waals surface area contributed by atoms with E-state index in [1.807, 2.05) is 6.07 Å². The lowest BCUT2D eigenvalue weighted by molar-refractivity contribution is 0.0857. The predicted molar refractivity (Wildman–Crippen MR) is 87.4 cm³/mol. The van der Waals surface area contributed by atoms with Gasteiger partial charge in [0, 0.05) is 37.2 Å². The Morgan fingerprint density at radius 2 is 1.83 bits per heavy atom. The molecule has 0 atom stereocenters. The van der Waals surface area contributed by atoms with E-state index in [9.17, 15) is 4.79 Å². The number of carbonyl (C=O) groups excluding carboxylic acids is 1. The highest BCUT2D eigenvalue weighted by atomic mass is 16.5. The van der Waals surface area contributed by atoms with Crippen molar-refractivity contribution in [2.45, 2.75) is 75.8 Å². The number of rotatable bonds is 4. The molecule has 2 heterocycles. The molecular formula is C18H27N3O2. The number of carbonyl (C=O) groups is 1. The SMILES string of the molecule is O=C(NC1CCN(C2CCCCC2)CC1)c1cc(C2CC2)on1. The molecule has 1 amide bonds. The van der Waals surface area contributed by atoms with Gasteiger partial charge < -0.3 is 14.7 Å². The highest BCUT2D eigenvalue weighted by Crippen LogP contribution is 2.40. The fourth-order valence-electron chi connectivity index (χ4n) is 4.07. The standard InChI is InChI=1S/C18H27N3O2/c22-18(16-12-17(23-20-16)13-6-7-13)19-14-8-10-21(11-9-14)15-4-2-1-3-5-15/h12-15H,1-11H2,(H,19,22). The molecule has 2 aliphatic carbocycles. The molecule has 1 aromatic rings. The van der Waals surface area contributed by atoms with E-state index in [1.165, 1.54) is 32.1 Å². The van der Waals surface area contributed by atoms with Crippen molar-refractivity contribution in [3.8, 4) is 0 Å². The highest BCUT2D eigenvalue weighted by Gasteiger charge is 2.30. The Kier molecular flexibility index (Phi) is 4.38. The molecule has 1 saturated heterocycles. The molecule has 5 heteroatoms. The van der Waals surface area contributed by atoms with Gasteiger partial charge in [-0.15, -0.1) is 0 Å². The molecule has 126 valence electrons. The number of hydrogen-bond acceptors (Lipinski definition) is 4. The summed E-state index contributed by atoms with van der Waals surface area (Å²) >= 11 is 0. The number of nitrogens with one attached hydrogen (secondary N) is 1. The topological polar surface area (TPSA) is 58.4 Å².